The molecular formula is C23H27N3O5S2. The molecule has 2 heterocycles. The number of fused-ring (bicyclic) bond motifs is 1. The number of benzene rings is 2. The zero-order chi connectivity index (χ0) is 23.4. The molecule has 33 heavy (non-hydrogen) atoms. The van der Waals surface area contributed by atoms with Crippen molar-refractivity contribution < 1.29 is 22.7 Å². The molecule has 2 aromatic carbocycles. The first-order valence-corrected chi connectivity index (χ1v) is 13.5. The van der Waals surface area contributed by atoms with Gasteiger partial charge in [-0.3, -0.25) is 14.6 Å². The van der Waals surface area contributed by atoms with Crippen LogP contribution in [-0.4, -0.2) is 76.5 Å². The maximum absolute atomic E-state index is 13.7. The van der Waals surface area contributed by atoms with E-state index in [1.54, 1.807) is 23.1 Å². The van der Waals surface area contributed by atoms with Crippen LogP contribution in [0.15, 0.2) is 47.4 Å². The lowest BCUT2D eigenvalue weighted by Gasteiger charge is -2.29. The van der Waals surface area contributed by atoms with Crippen molar-refractivity contribution in [2.24, 2.45) is 0 Å². The monoisotopic (exact) mass is 489 g/mol. The highest BCUT2D eigenvalue weighted by molar-refractivity contribution is 7.90. The van der Waals surface area contributed by atoms with Gasteiger partial charge in [-0.05, 0) is 31.2 Å². The standard InChI is InChI=1S/C23H27N3O5S2/c1-3-31-18-8-6-9-19-21(18)24-23(32-19)26(12-11-25-13-15-30-16-14-25)22(27)17-7-4-5-10-20(17)33(2,28)29/h4-10H,3,11-16H2,1-2H3. The molecule has 1 aromatic heterocycles. The molecule has 1 saturated heterocycles. The summed E-state index contributed by atoms with van der Waals surface area (Å²) in [6.45, 7) is 6.31. The van der Waals surface area contributed by atoms with Crippen LogP contribution >= 0.6 is 11.3 Å². The summed E-state index contributed by atoms with van der Waals surface area (Å²) in [5.41, 5.74) is 0.839. The predicted molar refractivity (Wildman–Crippen MR) is 129 cm³/mol. The molecule has 1 amide bonds. The van der Waals surface area contributed by atoms with E-state index in [4.69, 9.17) is 14.5 Å². The molecule has 8 nitrogen and oxygen atoms in total. The van der Waals surface area contributed by atoms with Gasteiger partial charge in [0.15, 0.2) is 15.0 Å². The normalized spacial score (nSPS) is 15.0. The van der Waals surface area contributed by atoms with Crippen molar-refractivity contribution in [2.75, 3.05) is 57.2 Å². The van der Waals surface area contributed by atoms with Gasteiger partial charge in [0.2, 0.25) is 0 Å². The predicted octanol–water partition coefficient (Wildman–Crippen LogP) is 3.08. The van der Waals surface area contributed by atoms with E-state index < -0.39 is 9.84 Å². The van der Waals surface area contributed by atoms with Gasteiger partial charge in [0.05, 0.1) is 35.0 Å². The summed E-state index contributed by atoms with van der Waals surface area (Å²) < 4.78 is 36.8. The molecule has 10 heteroatoms. The van der Waals surface area contributed by atoms with Gasteiger partial charge >= 0.3 is 0 Å². The fraction of sp³-hybridized carbons (Fsp3) is 0.391. The van der Waals surface area contributed by atoms with E-state index in [0.29, 0.717) is 49.3 Å². The van der Waals surface area contributed by atoms with E-state index in [1.165, 1.54) is 17.4 Å². The Bertz CT molecular complexity index is 1240. The number of sulfone groups is 1. The second-order valence-electron chi connectivity index (χ2n) is 7.71. The number of amides is 1. The van der Waals surface area contributed by atoms with E-state index in [-0.39, 0.29) is 16.4 Å². The Morgan fingerprint density at radius 2 is 1.94 bits per heavy atom. The van der Waals surface area contributed by atoms with Crippen molar-refractivity contribution in [3.8, 4) is 5.75 Å². The van der Waals surface area contributed by atoms with Crippen LogP contribution < -0.4 is 9.64 Å². The summed E-state index contributed by atoms with van der Waals surface area (Å²) in [5.74, 6) is 0.274. The molecule has 0 unspecified atom stereocenters. The Balaban J connectivity index is 1.73. The molecule has 0 radical (unpaired) electrons. The van der Waals surface area contributed by atoms with E-state index in [2.05, 4.69) is 4.90 Å². The number of para-hydroxylation sites is 1. The lowest BCUT2D eigenvalue weighted by molar-refractivity contribution is 0.0391. The fourth-order valence-corrected chi connectivity index (χ4v) is 5.65. The summed E-state index contributed by atoms with van der Waals surface area (Å²) in [5, 5.41) is 0.513. The third kappa shape index (κ3) is 5.35. The topological polar surface area (TPSA) is 89.0 Å². The minimum Gasteiger partial charge on any atom is -0.492 e. The molecule has 4 rings (SSSR count). The van der Waals surface area contributed by atoms with Gasteiger partial charge < -0.3 is 9.47 Å². The molecule has 0 aliphatic carbocycles. The number of anilines is 1. The highest BCUT2D eigenvalue weighted by Crippen LogP contribution is 2.35. The number of aromatic nitrogens is 1. The Labute approximate surface area is 197 Å². The Hall–Kier alpha value is -2.53. The second-order valence-corrected chi connectivity index (χ2v) is 10.7. The van der Waals surface area contributed by atoms with Crippen molar-refractivity contribution >= 4 is 42.4 Å². The first-order valence-electron chi connectivity index (χ1n) is 10.8. The van der Waals surface area contributed by atoms with Crippen molar-refractivity contribution in [3.05, 3.63) is 48.0 Å². The zero-order valence-corrected chi connectivity index (χ0v) is 20.3. The smallest absolute Gasteiger partial charge is 0.261 e. The van der Waals surface area contributed by atoms with E-state index in [0.717, 1.165) is 24.0 Å². The molecule has 176 valence electrons. The van der Waals surface area contributed by atoms with Crippen molar-refractivity contribution in [3.63, 3.8) is 0 Å². The van der Waals surface area contributed by atoms with Crippen LogP contribution in [0.3, 0.4) is 0 Å². The van der Waals surface area contributed by atoms with E-state index >= 15 is 0 Å². The summed E-state index contributed by atoms with van der Waals surface area (Å²) in [6.07, 6.45) is 1.11. The van der Waals surface area contributed by atoms with Crippen molar-refractivity contribution in [1.82, 2.24) is 9.88 Å². The number of ether oxygens (including phenoxy) is 2. The fourth-order valence-electron chi connectivity index (χ4n) is 3.76. The minimum atomic E-state index is -3.58. The third-order valence-electron chi connectivity index (χ3n) is 5.41. The molecule has 0 N–H and O–H groups in total. The SMILES string of the molecule is CCOc1cccc2sc(N(CCN3CCOCC3)C(=O)c3ccccc3S(C)(=O)=O)nc12. The Kier molecular flexibility index (Phi) is 7.28. The largest absolute Gasteiger partial charge is 0.492 e. The quantitative estimate of drug-likeness (QED) is 0.480. The molecule has 3 aromatic rings. The van der Waals surface area contributed by atoms with Crippen molar-refractivity contribution in [1.29, 1.82) is 0 Å². The van der Waals surface area contributed by atoms with Gasteiger partial charge in [-0.2, -0.15) is 0 Å². The highest BCUT2D eigenvalue weighted by Gasteiger charge is 2.27. The van der Waals surface area contributed by atoms with Crippen LogP contribution in [-0.2, 0) is 14.6 Å². The molecule has 0 spiro atoms. The number of carbonyl (C=O) groups is 1. The summed E-state index contributed by atoms with van der Waals surface area (Å²) in [4.78, 5) is 22.3. The number of nitrogens with zero attached hydrogens (tertiary/aromatic N) is 3. The number of thiazole rings is 1. The van der Waals surface area contributed by atoms with Gasteiger partial charge in [0.1, 0.15) is 11.3 Å². The first-order chi connectivity index (χ1) is 15.9. The average molecular weight is 490 g/mol. The van der Waals surface area contributed by atoms with Crippen LogP contribution in [0.5, 0.6) is 5.75 Å². The maximum Gasteiger partial charge on any atom is 0.261 e. The van der Waals surface area contributed by atoms with Crippen LogP contribution in [0.4, 0.5) is 5.13 Å². The molecular weight excluding hydrogens is 462 g/mol. The van der Waals surface area contributed by atoms with E-state index in [1.807, 2.05) is 25.1 Å². The molecule has 1 aliphatic rings. The molecule has 1 aliphatic heterocycles. The molecule has 0 saturated carbocycles. The number of carbonyl (C=O) groups excluding carboxylic acids is 1. The average Bonchev–Trinajstić information content (AvgIpc) is 3.24. The lowest BCUT2D eigenvalue weighted by atomic mass is 10.2. The third-order valence-corrected chi connectivity index (χ3v) is 7.61. The Morgan fingerprint density at radius 1 is 1.18 bits per heavy atom. The lowest BCUT2D eigenvalue weighted by Crippen LogP contribution is -2.43. The number of hydrogen-bond acceptors (Lipinski definition) is 8. The highest BCUT2D eigenvalue weighted by atomic mass is 32.2. The first kappa shape index (κ1) is 23.6. The van der Waals surface area contributed by atoms with Gasteiger partial charge in [-0.1, -0.05) is 29.5 Å². The van der Waals surface area contributed by atoms with Gasteiger partial charge in [0, 0.05) is 32.4 Å². The van der Waals surface area contributed by atoms with Gasteiger partial charge in [-0.25, -0.2) is 13.4 Å². The summed E-state index contributed by atoms with van der Waals surface area (Å²) in [6, 6.07) is 12.0. The summed E-state index contributed by atoms with van der Waals surface area (Å²) >= 11 is 1.39. The molecule has 0 bridgehead atoms. The van der Waals surface area contributed by atoms with E-state index in [9.17, 15) is 13.2 Å². The van der Waals surface area contributed by atoms with Crippen LogP contribution in [0.25, 0.3) is 10.2 Å². The molecule has 0 atom stereocenters. The second kappa shape index (κ2) is 10.2. The number of rotatable bonds is 8. The zero-order valence-electron chi connectivity index (χ0n) is 18.7. The van der Waals surface area contributed by atoms with Crippen LogP contribution in [0.1, 0.15) is 17.3 Å². The maximum atomic E-state index is 13.7. The van der Waals surface area contributed by atoms with Crippen LogP contribution in [0, 0.1) is 0 Å². The molecule has 1 fully saturated rings. The minimum absolute atomic E-state index is 0.0162. The van der Waals surface area contributed by atoms with Crippen molar-refractivity contribution in [2.45, 2.75) is 11.8 Å². The summed E-state index contributed by atoms with van der Waals surface area (Å²) in [7, 11) is -3.58. The number of morpholine rings is 1. The van der Waals surface area contributed by atoms with Crippen LogP contribution in [0.2, 0.25) is 0 Å². The number of hydrogen-bond donors (Lipinski definition) is 0. The van der Waals surface area contributed by atoms with Gasteiger partial charge in [-0.15, -0.1) is 0 Å². The Morgan fingerprint density at radius 3 is 2.67 bits per heavy atom. The van der Waals surface area contributed by atoms with Gasteiger partial charge in [0.25, 0.3) is 5.91 Å².